The Morgan fingerprint density at radius 1 is 1.21 bits per heavy atom. The Bertz CT molecular complexity index is 925. The van der Waals surface area contributed by atoms with Gasteiger partial charge in [0.2, 0.25) is 0 Å². The molecule has 0 aliphatic heterocycles. The van der Waals surface area contributed by atoms with Gasteiger partial charge in [-0.25, -0.2) is 0 Å². The molecule has 1 aliphatic carbocycles. The van der Waals surface area contributed by atoms with E-state index in [4.69, 9.17) is 18.0 Å². The third-order valence-corrected chi connectivity index (χ3v) is 4.97. The summed E-state index contributed by atoms with van der Waals surface area (Å²) < 4.78 is 2.33. The molecule has 0 saturated heterocycles. The molecule has 1 heterocycles. The summed E-state index contributed by atoms with van der Waals surface area (Å²) in [6.07, 6.45) is 4.85. The largest absolute Gasteiger partial charge is 0.392 e. The maximum absolute atomic E-state index is 9.47. The van der Waals surface area contributed by atoms with E-state index in [1.165, 1.54) is 29.3 Å². The average Bonchev–Trinajstić information content (AvgIpc) is 3.35. The molecular formula is C20H20N2OS. The molecule has 4 heteroatoms. The number of nitrogens with zero attached hydrogens (tertiary/aromatic N) is 1. The molecule has 1 saturated carbocycles. The molecule has 0 radical (unpaired) electrons. The van der Waals surface area contributed by atoms with E-state index in [2.05, 4.69) is 35.0 Å². The maximum atomic E-state index is 9.47. The summed E-state index contributed by atoms with van der Waals surface area (Å²) in [4.78, 5) is 0.418. The fourth-order valence-corrected chi connectivity index (χ4v) is 3.36. The summed E-state index contributed by atoms with van der Waals surface area (Å²) in [7, 11) is 0. The molecule has 4 rings (SSSR count). The van der Waals surface area contributed by atoms with Gasteiger partial charge in [-0.05, 0) is 42.0 Å². The molecular weight excluding hydrogens is 316 g/mol. The number of fused-ring (bicyclic) bond motifs is 1. The number of nitrogens with two attached hydrogens (primary N) is 1. The summed E-state index contributed by atoms with van der Waals surface area (Å²) in [5, 5.41) is 10.7. The van der Waals surface area contributed by atoms with Crippen LogP contribution in [0, 0.1) is 5.92 Å². The van der Waals surface area contributed by atoms with Crippen molar-refractivity contribution in [2.45, 2.75) is 26.0 Å². The highest BCUT2D eigenvalue weighted by molar-refractivity contribution is 7.80. The number of thiocarbonyl (C=S) groups is 1. The summed E-state index contributed by atoms with van der Waals surface area (Å²) in [5.74, 6) is 0.786. The van der Waals surface area contributed by atoms with E-state index in [0.29, 0.717) is 4.99 Å². The third-order valence-electron chi connectivity index (χ3n) is 4.74. The molecule has 0 amide bonds. The Labute approximate surface area is 146 Å². The van der Waals surface area contributed by atoms with Crippen LogP contribution < -0.4 is 5.73 Å². The topological polar surface area (TPSA) is 51.2 Å². The van der Waals surface area contributed by atoms with Crippen molar-refractivity contribution < 1.29 is 5.11 Å². The zero-order valence-electron chi connectivity index (χ0n) is 13.4. The van der Waals surface area contributed by atoms with Crippen LogP contribution in [0.25, 0.3) is 22.0 Å². The van der Waals surface area contributed by atoms with E-state index >= 15 is 0 Å². The van der Waals surface area contributed by atoms with E-state index in [1.54, 1.807) is 0 Å². The summed E-state index contributed by atoms with van der Waals surface area (Å²) in [6, 6.07) is 14.3. The molecule has 1 fully saturated rings. The Morgan fingerprint density at radius 2 is 2.04 bits per heavy atom. The molecule has 122 valence electrons. The van der Waals surface area contributed by atoms with Gasteiger partial charge in [-0.3, -0.25) is 0 Å². The molecule has 3 N–H and O–H groups in total. The van der Waals surface area contributed by atoms with Crippen molar-refractivity contribution in [2.24, 2.45) is 11.7 Å². The zero-order chi connectivity index (χ0) is 16.7. The molecule has 0 atom stereocenters. The van der Waals surface area contributed by atoms with Crippen LogP contribution in [0.1, 0.15) is 24.0 Å². The van der Waals surface area contributed by atoms with Crippen molar-refractivity contribution in [3.63, 3.8) is 0 Å². The predicted octanol–water partition coefficient (Wildman–Crippen LogP) is 3.84. The maximum Gasteiger partial charge on any atom is 0.104 e. The van der Waals surface area contributed by atoms with E-state index in [1.807, 2.05) is 18.2 Å². The van der Waals surface area contributed by atoms with Crippen LogP contribution in [-0.4, -0.2) is 14.7 Å². The highest BCUT2D eigenvalue weighted by Gasteiger charge is 2.23. The van der Waals surface area contributed by atoms with Gasteiger partial charge in [0, 0.05) is 34.8 Å². The van der Waals surface area contributed by atoms with Crippen molar-refractivity contribution in [2.75, 3.05) is 0 Å². The molecule has 3 aromatic rings. The number of aliphatic hydroxyl groups is 1. The number of hydrogen-bond donors (Lipinski definition) is 2. The lowest BCUT2D eigenvalue weighted by Crippen LogP contribution is -2.08. The second-order valence-corrected chi connectivity index (χ2v) is 7.03. The average molecular weight is 336 g/mol. The van der Waals surface area contributed by atoms with Crippen LogP contribution in [0.3, 0.4) is 0 Å². The lowest BCUT2D eigenvalue weighted by Gasteiger charge is -2.04. The van der Waals surface area contributed by atoms with Crippen molar-refractivity contribution in [3.8, 4) is 11.1 Å². The lowest BCUT2D eigenvalue weighted by atomic mass is 10.0. The summed E-state index contributed by atoms with van der Waals surface area (Å²) in [6.45, 7) is 1.11. The predicted molar refractivity (Wildman–Crippen MR) is 102 cm³/mol. The third kappa shape index (κ3) is 2.83. The number of hydrogen-bond acceptors (Lipinski definition) is 2. The van der Waals surface area contributed by atoms with Crippen LogP contribution in [0.15, 0.2) is 48.7 Å². The van der Waals surface area contributed by atoms with E-state index in [0.717, 1.165) is 29.2 Å². The van der Waals surface area contributed by atoms with Gasteiger partial charge in [-0.2, -0.15) is 0 Å². The molecule has 0 unspecified atom stereocenters. The fraction of sp³-hybridized carbons (Fsp3) is 0.250. The van der Waals surface area contributed by atoms with Gasteiger partial charge in [-0.1, -0.05) is 42.5 Å². The van der Waals surface area contributed by atoms with Crippen LogP contribution in [-0.2, 0) is 13.2 Å². The second-order valence-electron chi connectivity index (χ2n) is 6.59. The summed E-state index contributed by atoms with van der Waals surface area (Å²) >= 11 is 5.12. The standard InChI is InChI=1S/C20H20N2OS/c21-20(24)16-3-1-2-15(9-16)18-11-22(10-13-4-5-13)19-8-14(12-23)6-7-17(18)19/h1-3,6-9,11,13,23H,4-5,10,12H2,(H2,21,24). The Morgan fingerprint density at radius 3 is 2.75 bits per heavy atom. The Balaban J connectivity index is 1.88. The SMILES string of the molecule is NC(=S)c1cccc(-c2cn(CC3CC3)c3cc(CO)ccc23)c1. The monoisotopic (exact) mass is 336 g/mol. The van der Waals surface area contributed by atoms with Gasteiger partial charge in [0.1, 0.15) is 4.99 Å². The quantitative estimate of drug-likeness (QED) is 0.696. The minimum Gasteiger partial charge on any atom is -0.392 e. The molecule has 0 spiro atoms. The van der Waals surface area contributed by atoms with Crippen molar-refractivity contribution >= 4 is 28.1 Å². The summed E-state index contributed by atoms with van der Waals surface area (Å²) in [5.41, 5.74) is 11.1. The number of aliphatic hydroxyl groups excluding tert-OH is 1. The van der Waals surface area contributed by atoms with E-state index < -0.39 is 0 Å². The second kappa shape index (κ2) is 6.04. The minimum absolute atomic E-state index is 0.0663. The first-order valence-electron chi connectivity index (χ1n) is 8.28. The van der Waals surface area contributed by atoms with Crippen LogP contribution >= 0.6 is 12.2 Å². The van der Waals surface area contributed by atoms with E-state index in [9.17, 15) is 5.11 Å². The molecule has 1 aromatic heterocycles. The van der Waals surface area contributed by atoms with Gasteiger partial charge < -0.3 is 15.4 Å². The molecule has 1 aliphatic rings. The first-order chi connectivity index (χ1) is 11.7. The van der Waals surface area contributed by atoms with Gasteiger partial charge in [-0.15, -0.1) is 0 Å². The fourth-order valence-electron chi connectivity index (χ4n) is 3.24. The lowest BCUT2D eigenvalue weighted by molar-refractivity contribution is 0.282. The Kier molecular flexibility index (Phi) is 3.87. The normalized spacial score (nSPS) is 14.2. The van der Waals surface area contributed by atoms with Crippen molar-refractivity contribution in [1.82, 2.24) is 4.57 Å². The molecule has 0 bridgehead atoms. The van der Waals surface area contributed by atoms with Crippen LogP contribution in [0.5, 0.6) is 0 Å². The van der Waals surface area contributed by atoms with Gasteiger partial charge in [0.25, 0.3) is 0 Å². The van der Waals surface area contributed by atoms with Gasteiger partial charge >= 0.3 is 0 Å². The van der Waals surface area contributed by atoms with Crippen molar-refractivity contribution in [3.05, 3.63) is 59.8 Å². The first kappa shape index (κ1) is 15.4. The first-order valence-corrected chi connectivity index (χ1v) is 8.69. The smallest absolute Gasteiger partial charge is 0.104 e. The minimum atomic E-state index is 0.0663. The molecule has 2 aromatic carbocycles. The van der Waals surface area contributed by atoms with E-state index in [-0.39, 0.29) is 6.61 Å². The highest BCUT2D eigenvalue weighted by atomic mass is 32.1. The van der Waals surface area contributed by atoms with Gasteiger partial charge in [0.05, 0.1) is 6.61 Å². The molecule has 3 nitrogen and oxygen atoms in total. The molecule has 24 heavy (non-hydrogen) atoms. The highest BCUT2D eigenvalue weighted by Crippen LogP contribution is 2.36. The number of benzene rings is 2. The van der Waals surface area contributed by atoms with Gasteiger partial charge in [0.15, 0.2) is 0 Å². The van der Waals surface area contributed by atoms with Crippen LogP contribution in [0.4, 0.5) is 0 Å². The van der Waals surface area contributed by atoms with Crippen molar-refractivity contribution in [1.29, 1.82) is 0 Å². The zero-order valence-corrected chi connectivity index (χ0v) is 14.2. The Hall–Kier alpha value is -2.17. The van der Waals surface area contributed by atoms with Crippen LogP contribution in [0.2, 0.25) is 0 Å². The number of aromatic nitrogens is 1. The number of rotatable bonds is 5.